The van der Waals surface area contributed by atoms with Crippen LogP contribution in [0.25, 0.3) is 10.9 Å². The molecule has 1 aliphatic heterocycles. The minimum Gasteiger partial charge on any atom is -0.490 e. The number of para-hydroxylation sites is 1. The normalized spacial score (nSPS) is 13.8. The van der Waals surface area contributed by atoms with Crippen LogP contribution in [0.3, 0.4) is 0 Å². The molecule has 0 atom stereocenters. The highest BCUT2D eigenvalue weighted by Gasteiger charge is 2.23. The smallest absolute Gasteiger partial charge is 0.229 e. The van der Waals surface area contributed by atoms with Crippen LogP contribution in [-0.2, 0) is 0 Å². The Morgan fingerprint density at radius 3 is 2.92 bits per heavy atom. The molecule has 2 heterocycles. The fourth-order valence-electron chi connectivity index (χ4n) is 3.15. The third kappa shape index (κ3) is 2.77. The lowest BCUT2D eigenvalue weighted by Gasteiger charge is -2.25. The molecule has 0 spiro atoms. The van der Waals surface area contributed by atoms with Gasteiger partial charge in [0, 0.05) is 17.0 Å². The highest BCUT2D eigenvalue weighted by atomic mass is 79.9. The molecule has 1 aliphatic rings. The average molecular weight is 433 g/mol. The third-order valence-corrected chi connectivity index (χ3v) is 5.15. The summed E-state index contributed by atoms with van der Waals surface area (Å²) in [6.45, 7) is 1.32. The third-order valence-electron chi connectivity index (χ3n) is 4.29. The molecule has 1 aromatic heterocycles. The molecule has 26 heavy (non-hydrogen) atoms. The van der Waals surface area contributed by atoms with Gasteiger partial charge >= 0.3 is 0 Å². The zero-order chi connectivity index (χ0) is 18.3. The standard InChI is InChI=1S/C18H15BrClN5O/c19-13-3-1-4-14-16(13)26-8-2-7-24(14)17-12-6-5-11(20)9-15(12)25(10-21)18(22)23-17/h1,3-6,9-10,21-22H,2,7-8H2. The molecule has 6 nitrogen and oxygen atoms in total. The largest absolute Gasteiger partial charge is 0.490 e. The van der Waals surface area contributed by atoms with E-state index in [1.807, 2.05) is 24.3 Å². The van der Waals surface area contributed by atoms with Gasteiger partial charge in [-0.25, -0.2) is 0 Å². The Labute approximate surface area is 163 Å². The highest BCUT2D eigenvalue weighted by molar-refractivity contribution is 9.10. The molecule has 3 aromatic rings. The minimum atomic E-state index is -0.0218. The summed E-state index contributed by atoms with van der Waals surface area (Å²) in [5.41, 5.74) is 1.54. The SMILES string of the molecule is N=Cn1c(=N)nc(N2CCCOc3c(Br)cccc32)c2ccc(Cl)cc21. The van der Waals surface area contributed by atoms with Crippen molar-refractivity contribution in [1.29, 1.82) is 10.8 Å². The number of rotatable bonds is 2. The Kier molecular flexibility index (Phi) is 4.42. The van der Waals surface area contributed by atoms with Crippen LogP contribution in [0, 0.1) is 10.8 Å². The van der Waals surface area contributed by atoms with Gasteiger partial charge in [-0.15, -0.1) is 0 Å². The summed E-state index contributed by atoms with van der Waals surface area (Å²) in [6.07, 6.45) is 1.90. The summed E-state index contributed by atoms with van der Waals surface area (Å²) < 4.78 is 8.20. The maximum absolute atomic E-state index is 8.25. The number of hydrogen-bond acceptors (Lipinski definition) is 5. The van der Waals surface area contributed by atoms with Crippen molar-refractivity contribution >= 4 is 56.3 Å². The van der Waals surface area contributed by atoms with Crippen molar-refractivity contribution in [3.63, 3.8) is 0 Å². The van der Waals surface area contributed by atoms with E-state index in [0.717, 1.165) is 34.1 Å². The van der Waals surface area contributed by atoms with Crippen LogP contribution in [0.5, 0.6) is 5.75 Å². The number of ether oxygens (including phenoxy) is 1. The molecule has 0 saturated carbocycles. The van der Waals surface area contributed by atoms with Gasteiger partial charge in [-0.05, 0) is 52.7 Å². The zero-order valence-corrected chi connectivity index (χ0v) is 16.0. The van der Waals surface area contributed by atoms with E-state index in [2.05, 4.69) is 25.8 Å². The Balaban J connectivity index is 2.03. The molecule has 0 unspecified atom stereocenters. The van der Waals surface area contributed by atoms with Crippen molar-refractivity contribution in [1.82, 2.24) is 9.55 Å². The molecule has 0 amide bonds. The van der Waals surface area contributed by atoms with Crippen molar-refractivity contribution in [3.8, 4) is 5.75 Å². The number of halogens is 2. The van der Waals surface area contributed by atoms with Crippen molar-refractivity contribution in [2.24, 2.45) is 0 Å². The summed E-state index contributed by atoms with van der Waals surface area (Å²) >= 11 is 9.71. The first-order valence-electron chi connectivity index (χ1n) is 8.06. The molecule has 4 rings (SSSR count). The molecule has 2 N–H and O–H groups in total. The first kappa shape index (κ1) is 17.1. The van der Waals surface area contributed by atoms with Crippen LogP contribution in [-0.4, -0.2) is 29.0 Å². The van der Waals surface area contributed by atoms with Crippen LogP contribution >= 0.6 is 27.5 Å². The molecule has 0 aliphatic carbocycles. The predicted molar refractivity (Wildman–Crippen MR) is 106 cm³/mol. The first-order valence-corrected chi connectivity index (χ1v) is 9.23. The lowest BCUT2D eigenvalue weighted by molar-refractivity contribution is 0.321. The Hall–Kier alpha value is -2.38. The van der Waals surface area contributed by atoms with Crippen molar-refractivity contribution in [3.05, 3.63) is 51.5 Å². The Bertz CT molecular complexity index is 1080. The monoisotopic (exact) mass is 431 g/mol. The molecule has 0 fully saturated rings. The summed E-state index contributed by atoms with van der Waals surface area (Å²) in [5.74, 6) is 1.42. The predicted octanol–water partition coefficient (Wildman–Crippen LogP) is 4.31. The second kappa shape index (κ2) is 6.74. The topological polar surface area (TPSA) is 78.0 Å². The number of hydrogen-bond donors (Lipinski definition) is 2. The molecule has 8 heteroatoms. The van der Waals surface area contributed by atoms with Crippen LogP contribution in [0.15, 0.2) is 40.9 Å². The van der Waals surface area contributed by atoms with Gasteiger partial charge in [0.25, 0.3) is 0 Å². The van der Waals surface area contributed by atoms with Crippen LogP contribution in [0.1, 0.15) is 6.42 Å². The maximum Gasteiger partial charge on any atom is 0.229 e. The number of fused-ring (bicyclic) bond motifs is 2. The van der Waals surface area contributed by atoms with E-state index in [4.69, 9.17) is 27.2 Å². The fraction of sp³-hybridized carbons (Fsp3) is 0.167. The lowest BCUT2D eigenvalue weighted by Crippen LogP contribution is -2.28. The Morgan fingerprint density at radius 1 is 1.27 bits per heavy atom. The van der Waals surface area contributed by atoms with E-state index in [0.29, 0.717) is 29.5 Å². The molecule has 0 radical (unpaired) electrons. The van der Waals surface area contributed by atoms with E-state index in [-0.39, 0.29) is 5.62 Å². The molecular weight excluding hydrogens is 418 g/mol. The van der Waals surface area contributed by atoms with E-state index in [1.165, 1.54) is 4.57 Å². The van der Waals surface area contributed by atoms with Gasteiger partial charge in [0.15, 0.2) is 5.75 Å². The molecular formula is C18H15BrClN5O. The molecule has 0 bridgehead atoms. The van der Waals surface area contributed by atoms with Crippen LogP contribution < -0.4 is 15.3 Å². The van der Waals surface area contributed by atoms with Crippen molar-refractivity contribution < 1.29 is 4.74 Å². The van der Waals surface area contributed by atoms with Crippen molar-refractivity contribution in [2.75, 3.05) is 18.1 Å². The summed E-state index contributed by atoms with van der Waals surface area (Å²) in [6, 6.07) is 11.3. The van der Waals surface area contributed by atoms with E-state index in [9.17, 15) is 0 Å². The second-order valence-corrected chi connectivity index (χ2v) is 7.15. The lowest BCUT2D eigenvalue weighted by atomic mass is 10.2. The quantitative estimate of drug-likeness (QED) is 0.468. The second-order valence-electron chi connectivity index (χ2n) is 5.86. The van der Waals surface area contributed by atoms with Gasteiger partial charge in [-0.2, -0.15) is 4.98 Å². The van der Waals surface area contributed by atoms with Crippen molar-refractivity contribution in [2.45, 2.75) is 6.42 Å². The first-order chi connectivity index (χ1) is 12.6. The number of aromatic nitrogens is 2. The highest BCUT2D eigenvalue weighted by Crippen LogP contribution is 2.41. The van der Waals surface area contributed by atoms with Crippen LogP contribution in [0.4, 0.5) is 11.5 Å². The summed E-state index contributed by atoms with van der Waals surface area (Å²) in [7, 11) is 0. The fourth-order valence-corrected chi connectivity index (χ4v) is 3.78. The van der Waals surface area contributed by atoms with Gasteiger partial charge in [0.05, 0.1) is 28.6 Å². The molecule has 2 aromatic carbocycles. The van der Waals surface area contributed by atoms with Crippen LogP contribution in [0.2, 0.25) is 5.02 Å². The number of anilines is 2. The molecule has 0 saturated heterocycles. The van der Waals surface area contributed by atoms with E-state index in [1.54, 1.807) is 12.1 Å². The Morgan fingerprint density at radius 2 is 2.12 bits per heavy atom. The molecule has 132 valence electrons. The minimum absolute atomic E-state index is 0.0218. The van der Waals surface area contributed by atoms with E-state index >= 15 is 0 Å². The summed E-state index contributed by atoms with van der Waals surface area (Å²) in [5, 5.41) is 17.3. The number of nitrogens with zero attached hydrogens (tertiary/aromatic N) is 3. The average Bonchev–Trinajstić information content (AvgIpc) is 2.84. The summed E-state index contributed by atoms with van der Waals surface area (Å²) in [4.78, 5) is 6.55. The van der Waals surface area contributed by atoms with E-state index < -0.39 is 0 Å². The number of nitrogens with one attached hydrogen (secondary N) is 2. The van der Waals surface area contributed by atoms with Gasteiger partial charge in [0.1, 0.15) is 5.82 Å². The van der Waals surface area contributed by atoms with Gasteiger partial charge in [-0.3, -0.25) is 15.4 Å². The van der Waals surface area contributed by atoms with Gasteiger partial charge in [-0.1, -0.05) is 17.7 Å². The van der Waals surface area contributed by atoms with Gasteiger partial charge in [0.2, 0.25) is 5.62 Å². The number of benzene rings is 2. The zero-order valence-electron chi connectivity index (χ0n) is 13.7. The van der Waals surface area contributed by atoms with Gasteiger partial charge < -0.3 is 9.64 Å². The maximum atomic E-state index is 8.25.